The zero-order chi connectivity index (χ0) is 11.4. The van der Waals surface area contributed by atoms with Gasteiger partial charge in [-0.3, -0.25) is 4.99 Å². The number of aliphatic imine (C=N–C) groups is 1. The van der Waals surface area contributed by atoms with Gasteiger partial charge in [0.25, 0.3) is 0 Å². The molecule has 0 aliphatic carbocycles. The van der Waals surface area contributed by atoms with Gasteiger partial charge in [0.2, 0.25) is 0 Å². The predicted molar refractivity (Wildman–Crippen MR) is 68.6 cm³/mol. The first-order valence-corrected chi connectivity index (χ1v) is 6.25. The largest absolute Gasteiger partial charge is 0.471 e. The fraction of sp³-hybridized carbons (Fsp3) is 0.417. The first kappa shape index (κ1) is 11.6. The third-order valence-corrected chi connectivity index (χ3v) is 3.28. The molecule has 86 valence electrons. The minimum atomic E-state index is 0.0587. The zero-order valence-electron chi connectivity index (χ0n) is 9.03. The average molecular weight is 283 g/mol. The Morgan fingerprint density at radius 2 is 2.25 bits per heavy atom. The van der Waals surface area contributed by atoms with E-state index in [0.717, 1.165) is 28.8 Å². The monoisotopic (exact) mass is 282 g/mol. The fourth-order valence-corrected chi connectivity index (χ4v) is 2.25. The summed E-state index contributed by atoms with van der Waals surface area (Å²) in [5, 5.41) is 0. The zero-order valence-corrected chi connectivity index (χ0v) is 10.6. The maximum atomic E-state index is 5.79. The number of ether oxygens (including phenoxy) is 1. The molecule has 0 aromatic heterocycles. The van der Waals surface area contributed by atoms with Gasteiger partial charge in [-0.05, 0) is 19.0 Å². The summed E-state index contributed by atoms with van der Waals surface area (Å²) >= 11 is 3.53. The smallest absolute Gasteiger partial charge is 0.184 e. The second-order valence-electron chi connectivity index (χ2n) is 3.75. The maximum absolute atomic E-state index is 5.79. The van der Waals surface area contributed by atoms with Crippen molar-refractivity contribution < 1.29 is 4.74 Å². The lowest BCUT2D eigenvalue weighted by Gasteiger charge is -2.13. The fourth-order valence-electron chi connectivity index (χ4n) is 1.71. The minimum absolute atomic E-state index is 0.0587. The molecule has 3 nitrogen and oxygen atoms in total. The van der Waals surface area contributed by atoms with E-state index in [1.165, 1.54) is 0 Å². The van der Waals surface area contributed by atoms with Gasteiger partial charge in [-0.25, -0.2) is 0 Å². The summed E-state index contributed by atoms with van der Waals surface area (Å²) in [6.07, 6.45) is 1.84. The molecule has 1 aliphatic heterocycles. The van der Waals surface area contributed by atoms with Crippen molar-refractivity contribution in [2.75, 3.05) is 13.1 Å². The number of benzene rings is 1. The molecule has 1 aromatic carbocycles. The van der Waals surface area contributed by atoms with Crippen LogP contribution in [-0.2, 0) is 4.74 Å². The lowest BCUT2D eigenvalue weighted by molar-refractivity contribution is 0.222. The van der Waals surface area contributed by atoms with Gasteiger partial charge in [-0.2, -0.15) is 0 Å². The molecule has 1 aliphatic rings. The van der Waals surface area contributed by atoms with Crippen LogP contribution in [0.3, 0.4) is 0 Å². The Bertz CT molecular complexity index is 392. The normalized spacial score (nSPS) is 19.4. The molecule has 0 fully saturated rings. The molecule has 0 bridgehead atoms. The van der Waals surface area contributed by atoms with E-state index < -0.39 is 0 Å². The summed E-state index contributed by atoms with van der Waals surface area (Å²) in [7, 11) is 0. The van der Waals surface area contributed by atoms with Crippen molar-refractivity contribution >= 4 is 21.8 Å². The number of rotatable bonds is 4. The summed E-state index contributed by atoms with van der Waals surface area (Å²) in [5.41, 5.74) is 6.62. The Morgan fingerprint density at radius 3 is 3.00 bits per heavy atom. The highest BCUT2D eigenvalue weighted by atomic mass is 79.9. The summed E-state index contributed by atoms with van der Waals surface area (Å²) < 4.78 is 6.87. The highest BCUT2D eigenvalue weighted by Crippen LogP contribution is 2.29. The van der Waals surface area contributed by atoms with Crippen molar-refractivity contribution in [3.63, 3.8) is 0 Å². The van der Waals surface area contributed by atoms with Crippen molar-refractivity contribution in [2.24, 2.45) is 10.7 Å². The molecule has 2 rings (SSSR count). The van der Waals surface area contributed by atoms with Crippen LogP contribution in [0.4, 0.5) is 0 Å². The van der Waals surface area contributed by atoms with Crippen molar-refractivity contribution in [2.45, 2.75) is 18.9 Å². The van der Waals surface area contributed by atoms with Gasteiger partial charge in [0, 0.05) is 16.5 Å². The molecule has 1 heterocycles. The van der Waals surface area contributed by atoms with Gasteiger partial charge in [-0.15, -0.1) is 0 Å². The van der Waals surface area contributed by atoms with Crippen LogP contribution < -0.4 is 5.73 Å². The van der Waals surface area contributed by atoms with Crippen LogP contribution in [0.2, 0.25) is 0 Å². The number of nitrogens with two attached hydrogens (primary N) is 1. The summed E-state index contributed by atoms with van der Waals surface area (Å²) in [4.78, 5) is 4.39. The van der Waals surface area contributed by atoms with E-state index in [9.17, 15) is 0 Å². The highest BCUT2D eigenvalue weighted by molar-refractivity contribution is 9.10. The van der Waals surface area contributed by atoms with Crippen LogP contribution in [0.1, 0.15) is 24.5 Å². The maximum Gasteiger partial charge on any atom is 0.184 e. The average Bonchev–Trinajstić information content (AvgIpc) is 2.75. The van der Waals surface area contributed by atoms with Crippen LogP contribution in [0.15, 0.2) is 33.7 Å². The molecule has 1 unspecified atom stereocenters. The lowest BCUT2D eigenvalue weighted by atomic mass is 10.1. The van der Waals surface area contributed by atoms with E-state index in [-0.39, 0.29) is 6.10 Å². The molecule has 2 N–H and O–H groups in total. The van der Waals surface area contributed by atoms with Gasteiger partial charge >= 0.3 is 0 Å². The van der Waals surface area contributed by atoms with Gasteiger partial charge in [0.15, 0.2) is 5.90 Å². The van der Waals surface area contributed by atoms with Gasteiger partial charge in [-0.1, -0.05) is 34.1 Å². The lowest BCUT2D eigenvalue weighted by Crippen LogP contribution is -2.08. The predicted octanol–water partition coefficient (Wildman–Crippen LogP) is 2.66. The Morgan fingerprint density at radius 1 is 1.44 bits per heavy atom. The quantitative estimate of drug-likeness (QED) is 0.923. The topological polar surface area (TPSA) is 47.6 Å². The molecule has 0 radical (unpaired) electrons. The highest BCUT2D eigenvalue weighted by Gasteiger charge is 2.22. The Kier molecular flexibility index (Phi) is 3.96. The second-order valence-corrected chi connectivity index (χ2v) is 4.61. The van der Waals surface area contributed by atoms with Crippen molar-refractivity contribution in [3.8, 4) is 0 Å². The summed E-state index contributed by atoms with van der Waals surface area (Å²) in [6.45, 7) is 1.39. The third-order valence-electron chi connectivity index (χ3n) is 2.56. The molecular formula is C12H15BrN2O. The number of hydrogen-bond acceptors (Lipinski definition) is 3. The third kappa shape index (κ3) is 2.62. The number of hydrogen-bond donors (Lipinski definition) is 1. The van der Waals surface area contributed by atoms with Crippen LogP contribution in [0.5, 0.6) is 0 Å². The molecule has 0 saturated carbocycles. The molecule has 4 heteroatoms. The van der Waals surface area contributed by atoms with Crippen LogP contribution in [0.25, 0.3) is 0 Å². The van der Waals surface area contributed by atoms with E-state index in [1.807, 2.05) is 18.2 Å². The van der Waals surface area contributed by atoms with Crippen molar-refractivity contribution in [1.29, 1.82) is 0 Å². The number of halogens is 1. The van der Waals surface area contributed by atoms with Crippen LogP contribution >= 0.6 is 15.9 Å². The van der Waals surface area contributed by atoms with Crippen molar-refractivity contribution in [1.82, 2.24) is 0 Å². The molecule has 0 spiro atoms. The Balaban J connectivity index is 1.98. The Labute approximate surface area is 104 Å². The van der Waals surface area contributed by atoms with E-state index in [2.05, 4.69) is 27.0 Å². The van der Waals surface area contributed by atoms with Gasteiger partial charge < -0.3 is 10.5 Å². The van der Waals surface area contributed by atoms with Gasteiger partial charge in [0.05, 0.1) is 6.54 Å². The first-order valence-electron chi connectivity index (χ1n) is 5.45. The molecule has 0 saturated heterocycles. The second kappa shape index (κ2) is 5.46. The van der Waals surface area contributed by atoms with Crippen LogP contribution in [-0.4, -0.2) is 19.0 Å². The van der Waals surface area contributed by atoms with E-state index in [1.54, 1.807) is 0 Å². The van der Waals surface area contributed by atoms with E-state index in [0.29, 0.717) is 13.1 Å². The molecule has 1 atom stereocenters. The summed E-state index contributed by atoms with van der Waals surface area (Å²) in [6, 6.07) is 8.10. The first-order chi connectivity index (χ1) is 7.81. The molecule has 1 aromatic rings. The van der Waals surface area contributed by atoms with Crippen LogP contribution in [0, 0.1) is 0 Å². The Hall–Kier alpha value is -0.870. The molecule has 16 heavy (non-hydrogen) atoms. The van der Waals surface area contributed by atoms with E-state index in [4.69, 9.17) is 10.5 Å². The van der Waals surface area contributed by atoms with Gasteiger partial charge in [0.1, 0.15) is 6.10 Å². The van der Waals surface area contributed by atoms with Crippen molar-refractivity contribution in [3.05, 3.63) is 34.3 Å². The standard InChI is InChI=1S/C12H15BrN2O/c13-10-5-2-1-4-9(10)11-8-15-12(16-11)6-3-7-14/h1-2,4-5,11H,3,6-8,14H2. The van der Waals surface area contributed by atoms with E-state index >= 15 is 0 Å². The SMILES string of the molecule is NCCCC1=NCC(c2ccccc2Br)O1. The minimum Gasteiger partial charge on any atom is -0.471 e. The summed E-state index contributed by atoms with van der Waals surface area (Å²) in [5.74, 6) is 0.839. The number of nitrogens with zero attached hydrogens (tertiary/aromatic N) is 1. The molecule has 0 amide bonds. The molecular weight excluding hydrogens is 268 g/mol.